The van der Waals surface area contributed by atoms with Gasteiger partial charge < -0.3 is 9.88 Å². The summed E-state index contributed by atoms with van der Waals surface area (Å²) in [6.07, 6.45) is 1.15. The van der Waals surface area contributed by atoms with E-state index in [2.05, 4.69) is 55.8 Å². The smallest absolute Gasteiger partial charge is 0.124 e. The zero-order valence-corrected chi connectivity index (χ0v) is 11.8. The highest BCUT2D eigenvalue weighted by molar-refractivity contribution is 5.76. The van der Waals surface area contributed by atoms with Gasteiger partial charge >= 0.3 is 0 Å². The van der Waals surface area contributed by atoms with Crippen molar-refractivity contribution in [1.29, 1.82) is 0 Å². The number of nitrogens with zero attached hydrogens (tertiary/aromatic N) is 2. The van der Waals surface area contributed by atoms with Gasteiger partial charge in [0.05, 0.1) is 17.6 Å². The molecular weight excluding hydrogens is 222 g/mol. The second kappa shape index (κ2) is 5.11. The minimum absolute atomic E-state index is 0.0549. The van der Waals surface area contributed by atoms with Gasteiger partial charge in [-0.05, 0) is 45.9 Å². The van der Waals surface area contributed by atoms with Crippen molar-refractivity contribution in [1.82, 2.24) is 14.9 Å². The predicted molar refractivity (Wildman–Crippen MR) is 76.7 cm³/mol. The van der Waals surface area contributed by atoms with Crippen molar-refractivity contribution in [2.45, 2.75) is 46.2 Å². The third kappa shape index (κ3) is 2.56. The van der Waals surface area contributed by atoms with Gasteiger partial charge in [-0.15, -0.1) is 0 Å². The number of para-hydroxylation sites is 2. The highest BCUT2D eigenvalue weighted by atomic mass is 15.2. The Bertz CT molecular complexity index is 520. The molecule has 0 aliphatic rings. The van der Waals surface area contributed by atoms with Gasteiger partial charge in [-0.1, -0.05) is 19.1 Å². The summed E-state index contributed by atoms with van der Waals surface area (Å²) in [7, 11) is 0. The summed E-state index contributed by atoms with van der Waals surface area (Å²) >= 11 is 0. The Morgan fingerprint density at radius 1 is 1.22 bits per heavy atom. The van der Waals surface area contributed by atoms with Crippen LogP contribution in [0.15, 0.2) is 24.3 Å². The van der Waals surface area contributed by atoms with Crippen LogP contribution in [-0.2, 0) is 12.1 Å². The quantitative estimate of drug-likeness (QED) is 0.838. The first-order valence-corrected chi connectivity index (χ1v) is 6.71. The molecule has 3 nitrogen and oxygen atoms in total. The fraction of sp³-hybridized carbons (Fsp3) is 0.533. The number of hydrogen-bond donors (Lipinski definition) is 1. The van der Waals surface area contributed by atoms with Crippen molar-refractivity contribution < 1.29 is 0 Å². The molecule has 0 aliphatic heterocycles. The van der Waals surface area contributed by atoms with Gasteiger partial charge in [0.2, 0.25) is 0 Å². The van der Waals surface area contributed by atoms with Gasteiger partial charge in [-0.3, -0.25) is 0 Å². The van der Waals surface area contributed by atoms with E-state index in [4.69, 9.17) is 4.98 Å². The minimum Gasteiger partial charge on any atom is -0.322 e. The maximum Gasteiger partial charge on any atom is 0.124 e. The SMILES string of the molecule is CCCNCc1nc2ccccc2n1C(C)(C)C. The maximum absolute atomic E-state index is 4.75. The lowest BCUT2D eigenvalue weighted by atomic mass is 10.1. The Kier molecular flexibility index (Phi) is 3.71. The fourth-order valence-corrected chi connectivity index (χ4v) is 2.32. The molecule has 0 amide bonds. The van der Waals surface area contributed by atoms with Crippen molar-refractivity contribution in [3.8, 4) is 0 Å². The third-order valence-corrected chi connectivity index (χ3v) is 3.01. The standard InChI is InChI=1S/C15H23N3/c1-5-10-16-11-14-17-12-8-6-7-9-13(12)18(14)15(2,3)4/h6-9,16H,5,10-11H2,1-4H3. The summed E-state index contributed by atoms with van der Waals surface area (Å²) < 4.78 is 2.34. The van der Waals surface area contributed by atoms with Crippen LogP contribution >= 0.6 is 0 Å². The molecule has 3 heteroatoms. The molecule has 2 aromatic rings. The van der Waals surface area contributed by atoms with E-state index in [1.54, 1.807) is 0 Å². The normalized spacial score (nSPS) is 12.2. The topological polar surface area (TPSA) is 29.9 Å². The summed E-state index contributed by atoms with van der Waals surface area (Å²) in [5.74, 6) is 1.12. The van der Waals surface area contributed by atoms with Gasteiger partial charge in [0, 0.05) is 5.54 Å². The molecule has 0 spiro atoms. The number of nitrogens with one attached hydrogen (secondary N) is 1. The molecule has 0 bridgehead atoms. The summed E-state index contributed by atoms with van der Waals surface area (Å²) in [5.41, 5.74) is 2.36. The van der Waals surface area contributed by atoms with Crippen molar-refractivity contribution in [2.24, 2.45) is 0 Å². The van der Waals surface area contributed by atoms with E-state index in [1.807, 2.05) is 6.07 Å². The number of aromatic nitrogens is 2. The summed E-state index contributed by atoms with van der Waals surface area (Å²) in [5, 5.41) is 3.44. The molecule has 0 saturated carbocycles. The molecule has 0 fully saturated rings. The molecule has 0 aliphatic carbocycles. The molecule has 1 aromatic carbocycles. The van der Waals surface area contributed by atoms with E-state index in [-0.39, 0.29) is 5.54 Å². The van der Waals surface area contributed by atoms with Crippen LogP contribution in [0.4, 0.5) is 0 Å². The summed E-state index contributed by atoms with van der Waals surface area (Å²) in [4.78, 5) is 4.75. The maximum atomic E-state index is 4.75. The van der Waals surface area contributed by atoms with E-state index in [1.165, 1.54) is 5.52 Å². The summed E-state index contributed by atoms with van der Waals surface area (Å²) in [6, 6.07) is 8.36. The number of imidazole rings is 1. The average Bonchev–Trinajstić information content (AvgIpc) is 2.67. The Morgan fingerprint density at radius 2 is 1.94 bits per heavy atom. The van der Waals surface area contributed by atoms with E-state index >= 15 is 0 Å². The zero-order valence-electron chi connectivity index (χ0n) is 11.8. The summed E-state index contributed by atoms with van der Waals surface area (Å²) in [6.45, 7) is 10.7. The molecule has 18 heavy (non-hydrogen) atoms. The van der Waals surface area contributed by atoms with Gasteiger partial charge in [0.15, 0.2) is 0 Å². The van der Waals surface area contributed by atoms with Crippen LogP contribution in [0, 0.1) is 0 Å². The Hall–Kier alpha value is -1.35. The lowest BCUT2D eigenvalue weighted by molar-refractivity contribution is 0.389. The van der Waals surface area contributed by atoms with Crippen LogP contribution in [-0.4, -0.2) is 16.1 Å². The van der Waals surface area contributed by atoms with Crippen LogP contribution in [0.2, 0.25) is 0 Å². The molecule has 0 unspecified atom stereocenters. The van der Waals surface area contributed by atoms with Crippen LogP contribution in [0.25, 0.3) is 11.0 Å². The number of fused-ring (bicyclic) bond motifs is 1. The highest BCUT2D eigenvalue weighted by Crippen LogP contribution is 2.24. The van der Waals surface area contributed by atoms with Crippen molar-refractivity contribution in [3.05, 3.63) is 30.1 Å². The number of benzene rings is 1. The van der Waals surface area contributed by atoms with Crippen LogP contribution in [0.1, 0.15) is 39.9 Å². The van der Waals surface area contributed by atoms with Gasteiger partial charge in [0.25, 0.3) is 0 Å². The highest BCUT2D eigenvalue weighted by Gasteiger charge is 2.20. The molecule has 0 saturated heterocycles. The van der Waals surface area contributed by atoms with Crippen molar-refractivity contribution in [3.63, 3.8) is 0 Å². The Balaban J connectivity index is 2.44. The number of hydrogen-bond acceptors (Lipinski definition) is 2. The Morgan fingerprint density at radius 3 is 2.61 bits per heavy atom. The van der Waals surface area contributed by atoms with E-state index in [0.717, 1.165) is 30.9 Å². The zero-order chi connectivity index (χ0) is 13.2. The van der Waals surface area contributed by atoms with Crippen LogP contribution < -0.4 is 5.32 Å². The average molecular weight is 245 g/mol. The molecule has 1 N–H and O–H groups in total. The van der Waals surface area contributed by atoms with E-state index in [0.29, 0.717) is 0 Å². The van der Waals surface area contributed by atoms with Crippen molar-refractivity contribution in [2.75, 3.05) is 6.54 Å². The molecule has 0 radical (unpaired) electrons. The third-order valence-electron chi connectivity index (χ3n) is 3.01. The van der Waals surface area contributed by atoms with E-state index < -0.39 is 0 Å². The Labute approximate surface area is 109 Å². The molecule has 1 heterocycles. The van der Waals surface area contributed by atoms with Crippen LogP contribution in [0.3, 0.4) is 0 Å². The second-order valence-corrected chi connectivity index (χ2v) is 5.70. The first kappa shape index (κ1) is 13.1. The fourth-order valence-electron chi connectivity index (χ4n) is 2.32. The van der Waals surface area contributed by atoms with E-state index in [9.17, 15) is 0 Å². The molecule has 2 rings (SSSR count). The first-order chi connectivity index (χ1) is 8.54. The number of rotatable bonds is 4. The monoisotopic (exact) mass is 245 g/mol. The molecular formula is C15H23N3. The first-order valence-electron chi connectivity index (χ1n) is 6.71. The van der Waals surface area contributed by atoms with Gasteiger partial charge in [0.1, 0.15) is 5.82 Å². The molecule has 0 atom stereocenters. The van der Waals surface area contributed by atoms with Gasteiger partial charge in [-0.2, -0.15) is 0 Å². The minimum atomic E-state index is 0.0549. The van der Waals surface area contributed by atoms with Crippen LogP contribution in [0.5, 0.6) is 0 Å². The molecule has 98 valence electrons. The molecule has 1 aromatic heterocycles. The largest absolute Gasteiger partial charge is 0.322 e. The van der Waals surface area contributed by atoms with Gasteiger partial charge in [-0.25, -0.2) is 4.98 Å². The predicted octanol–water partition coefficient (Wildman–Crippen LogP) is 3.29. The lowest BCUT2D eigenvalue weighted by Crippen LogP contribution is -2.27. The second-order valence-electron chi connectivity index (χ2n) is 5.70. The van der Waals surface area contributed by atoms with Crippen molar-refractivity contribution >= 4 is 11.0 Å². The lowest BCUT2D eigenvalue weighted by Gasteiger charge is -2.24.